The summed E-state index contributed by atoms with van der Waals surface area (Å²) in [5.41, 5.74) is 2.23. The lowest BCUT2D eigenvalue weighted by molar-refractivity contribution is -0.224. The Labute approximate surface area is 165 Å². The van der Waals surface area contributed by atoms with E-state index in [0.29, 0.717) is 23.9 Å². The second kappa shape index (κ2) is 9.73. The molecule has 0 N–H and O–H groups in total. The molecule has 1 saturated carbocycles. The second-order valence-electron chi connectivity index (χ2n) is 8.98. The third-order valence-electron chi connectivity index (χ3n) is 6.41. The Morgan fingerprint density at radius 1 is 1.19 bits per heavy atom. The first-order valence-corrected chi connectivity index (χ1v) is 11.0. The molecule has 2 aliphatic rings. The summed E-state index contributed by atoms with van der Waals surface area (Å²) in [6, 6.07) is 10.4. The SMILES string of the molecule is CCCC[C@H]1CC(c2ccccc2)=NO[C@@H]1O[C@@H]1C[C@H](C)CC[C@H]1C(C)C. The number of rotatable bonds is 7. The van der Waals surface area contributed by atoms with Crippen molar-refractivity contribution < 1.29 is 9.57 Å². The maximum Gasteiger partial charge on any atom is 0.230 e. The Kier molecular flexibility index (Phi) is 7.34. The van der Waals surface area contributed by atoms with Crippen molar-refractivity contribution in [1.29, 1.82) is 0 Å². The first-order valence-electron chi connectivity index (χ1n) is 11.0. The molecule has 1 heterocycles. The van der Waals surface area contributed by atoms with E-state index in [-0.39, 0.29) is 6.29 Å². The van der Waals surface area contributed by atoms with Gasteiger partial charge in [0.25, 0.3) is 0 Å². The number of benzene rings is 1. The van der Waals surface area contributed by atoms with E-state index in [1.54, 1.807) is 0 Å². The van der Waals surface area contributed by atoms with Gasteiger partial charge >= 0.3 is 0 Å². The molecule has 0 radical (unpaired) electrons. The van der Waals surface area contributed by atoms with Crippen LogP contribution in [0.4, 0.5) is 0 Å². The van der Waals surface area contributed by atoms with Crippen LogP contribution in [-0.2, 0) is 9.57 Å². The highest BCUT2D eigenvalue weighted by Crippen LogP contribution is 2.38. The maximum atomic E-state index is 6.64. The van der Waals surface area contributed by atoms with Crippen molar-refractivity contribution in [3.05, 3.63) is 35.9 Å². The van der Waals surface area contributed by atoms with Gasteiger partial charge in [0.1, 0.15) is 0 Å². The molecule has 5 atom stereocenters. The van der Waals surface area contributed by atoms with Crippen LogP contribution >= 0.6 is 0 Å². The fourth-order valence-corrected chi connectivity index (χ4v) is 4.67. The fraction of sp³-hybridized carbons (Fsp3) is 0.708. The number of ether oxygens (including phenoxy) is 1. The summed E-state index contributed by atoms with van der Waals surface area (Å²) >= 11 is 0. The van der Waals surface area contributed by atoms with Gasteiger partial charge in [0.2, 0.25) is 6.29 Å². The van der Waals surface area contributed by atoms with Crippen LogP contribution in [0.25, 0.3) is 0 Å². The highest BCUT2D eigenvalue weighted by molar-refractivity contribution is 6.00. The van der Waals surface area contributed by atoms with Crippen molar-refractivity contribution in [3.63, 3.8) is 0 Å². The highest BCUT2D eigenvalue weighted by atomic mass is 16.8. The van der Waals surface area contributed by atoms with Gasteiger partial charge in [-0.25, -0.2) is 0 Å². The van der Waals surface area contributed by atoms with Gasteiger partial charge in [-0.2, -0.15) is 0 Å². The van der Waals surface area contributed by atoms with Crippen LogP contribution in [-0.4, -0.2) is 18.1 Å². The molecule has 0 aromatic heterocycles. The molecule has 1 aromatic carbocycles. The molecule has 27 heavy (non-hydrogen) atoms. The van der Waals surface area contributed by atoms with E-state index < -0.39 is 0 Å². The van der Waals surface area contributed by atoms with E-state index in [0.717, 1.165) is 30.9 Å². The van der Waals surface area contributed by atoms with Crippen molar-refractivity contribution in [2.24, 2.45) is 28.8 Å². The molecule has 1 aliphatic heterocycles. The van der Waals surface area contributed by atoms with Crippen LogP contribution in [0.5, 0.6) is 0 Å². The predicted molar refractivity (Wildman–Crippen MR) is 112 cm³/mol. The van der Waals surface area contributed by atoms with E-state index in [1.165, 1.54) is 31.2 Å². The Balaban J connectivity index is 1.73. The zero-order chi connectivity index (χ0) is 19.2. The first-order chi connectivity index (χ1) is 13.1. The van der Waals surface area contributed by atoms with Crippen molar-refractivity contribution in [1.82, 2.24) is 0 Å². The molecule has 0 spiro atoms. The molecule has 1 fully saturated rings. The average molecular weight is 372 g/mol. The molecular formula is C24H37NO2. The number of oxime groups is 1. The maximum absolute atomic E-state index is 6.64. The number of unbranched alkanes of at least 4 members (excludes halogenated alkanes) is 1. The zero-order valence-corrected chi connectivity index (χ0v) is 17.6. The Morgan fingerprint density at radius 2 is 1.96 bits per heavy atom. The molecule has 3 heteroatoms. The molecule has 0 saturated heterocycles. The van der Waals surface area contributed by atoms with Gasteiger partial charge in [0.15, 0.2) is 0 Å². The normalized spacial score (nSPS) is 31.4. The average Bonchev–Trinajstić information content (AvgIpc) is 2.67. The minimum Gasteiger partial charge on any atom is -0.363 e. The lowest BCUT2D eigenvalue weighted by Crippen LogP contribution is -2.41. The second-order valence-corrected chi connectivity index (χ2v) is 8.98. The van der Waals surface area contributed by atoms with Gasteiger partial charge in [0.05, 0.1) is 11.8 Å². The number of nitrogens with zero attached hydrogens (tertiary/aromatic N) is 1. The first kappa shape index (κ1) is 20.4. The molecule has 3 nitrogen and oxygen atoms in total. The molecule has 0 unspecified atom stereocenters. The van der Waals surface area contributed by atoms with E-state index in [9.17, 15) is 0 Å². The van der Waals surface area contributed by atoms with Gasteiger partial charge < -0.3 is 9.57 Å². The van der Waals surface area contributed by atoms with E-state index in [1.807, 2.05) is 6.07 Å². The lowest BCUT2D eigenvalue weighted by atomic mass is 9.75. The zero-order valence-electron chi connectivity index (χ0n) is 17.6. The fourth-order valence-electron chi connectivity index (χ4n) is 4.67. The van der Waals surface area contributed by atoms with Crippen molar-refractivity contribution in [3.8, 4) is 0 Å². The summed E-state index contributed by atoms with van der Waals surface area (Å²) in [7, 11) is 0. The highest BCUT2D eigenvalue weighted by Gasteiger charge is 2.37. The Morgan fingerprint density at radius 3 is 2.67 bits per heavy atom. The van der Waals surface area contributed by atoms with Crippen LogP contribution in [0.1, 0.15) is 78.2 Å². The van der Waals surface area contributed by atoms with Crippen LogP contribution in [0.2, 0.25) is 0 Å². The Hall–Kier alpha value is -1.35. The van der Waals surface area contributed by atoms with Crippen LogP contribution in [0.15, 0.2) is 35.5 Å². The quantitative estimate of drug-likeness (QED) is 0.553. The summed E-state index contributed by atoms with van der Waals surface area (Å²) in [5.74, 6) is 2.42. The topological polar surface area (TPSA) is 30.8 Å². The van der Waals surface area contributed by atoms with Crippen molar-refractivity contribution in [2.45, 2.75) is 85.0 Å². The molecule has 1 aromatic rings. The molecule has 3 rings (SSSR count). The van der Waals surface area contributed by atoms with Gasteiger partial charge in [-0.3, -0.25) is 0 Å². The van der Waals surface area contributed by atoms with Gasteiger partial charge in [0, 0.05) is 12.3 Å². The third-order valence-corrected chi connectivity index (χ3v) is 6.41. The summed E-state index contributed by atoms with van der Waals surface area (Å²) < 4.78 is 6.64. The third kappa shape index (κ3) is 5.34. The number of hydrogen-bond acceptors (Lipinski definition) is 3. The molecule has 0 bridgehead atoms. The monoisotopic (exact) mass is 371 g/mol. The summed E-state index contributed by atoms with van der Waals surface area (Å²) in [4.78, 5) is 5.99. The minimum atomic E-state index is -0.194. The molecule has 150 valence electrons. The molecular weight excluding hydrogens is 334 g/mol. The van der Waals surface area contributed by atoms with E-state index in [4.69, 9.17) is 9.57 Å². The van der Waals surface area contributed by atoms with Crippen LogP contribution < -0.4 is 0 Å². The van der Waals surface area contributed by atoms with Crippen molar-refractivity contribution >= 4 is 5.71 Å². The smallest absolute Gasteiger partial charge is 0.230 e. The standard InChI is InChI=1S/C24H37NO2/c1-5-6-10-20-16-22(19-11-8-7-9-12-19)25-27-24(20)26-23-15-18(4)13-14-21(23)17(2)3/h7-9,11-12,17-18,20-21,23-24H,5-6,10,13-16H2,1-4H3/t18-,20+,21+,23-,24+/m1/s1. The number of hydrogen-bond donors (Lipinski definition) is 0. The van der Waals surface area contributed by atoms with E-state index in [2.05, 4.69) is 57.1 Å². The lowest BCUT2D eigenvalue weighted by Gasteiger charge is -2.40. The molecule has 1 aliphatic carbocycles. The van der Waals surface area contributed by atoms with Crippen molar-refractivity contribution in [2.75, 3.05) is 0 Å². The van der Waals surface area contributed by atoms with Gasteiger partial charge in [-0.1, -0.05) is 82.4 Å². The van der Waals surface area contributed by atoms with E-state index >= 15 is 0 Å². The van der Waals surface area contributed by atoms with Gasteiger partial charge in [-0.05, 0) is 42.6 Å². The minimum absolute atomic E-state index is 0.194. The molecule has 0 amide bonds. The summed E-state index contributed by atoms with van der Waals surface area (Å²) in [6.07, 6.45) is 8.36. The predicted octanol–water partition coefficient (Wildman–Crippen LogP) is 6.42. The summed E-state index contributed by atoms with van der Waals surface area (Å²) in [5, 5.41) is 4.49. The van der Waals surface area contributed by atoms with Gasteiger partial charge in [-0.15, -0.1) is 0 Å². The summed E-state index contributed by atoms with van der Waals surface area (Å²) in [6.45, 7) is 9.27. The largest absolute Gasteiger partial charge is 0.363 e. The van der Waals surface area contributed by atoms with Crippen LogP contribution in [0, 0.1) is 23.7 Å². The van der Waals surface area contributed by atoms with Crippen LogP contribution in [0.3, 0.4) is 0 Å². The Bertz CT molecular complexity index is 598.